The number of aromatic nitrogens is 3. The van der Waals surface area contributed by atoms with E-state index in [1.807, 2.05) is 0 Å². The predicted molar refractivity (Wildman–Crippen MR) is 99.5 cm³/mol. The maximum absolute atomic E-state index is 13.3. The van der Waals surface area contributed by atoms with Gasteiger partial charge >= 0.3 is 0 Å². The first-order valence-corrected chi connectivity index (χ1v) is 8.80. The van der Waals surface area contributed by atoms with Crippen molar-refractivity contribution in [1.82, 2.24) is 19.4 Å². The van der Waals surface area contributed by atoms with Gasteiger partial charge in [0.1, 0.15) is 17.9 Å². The minimum absolute atomic E-state index is 0.0316. The maximum atomic E-state index is 13.3. The molecule has 4 rings (SSSR count). The van der Waals surface area contributed by atoms with Crippen LogP contribution in [0.5, 0.6) is 5.75 Å². The summed E-state index contributed by atoms with van der Waals surface area (Å²) in [4.78, 5) is 35.0. The number of halogens is 2. The van der Waals surface area contributed by atoms with Gasteiger partial charge in [0.15, 0.2) is 5.69 Å². The molecule has 7 nitrogen and oxygen atoms in total. The predicted octanol–water partition coefficient (Wildman–Crippen LogP) is 2.46. The van der Waals surface area contributed by atoms with Crippen molar-refractivity contribution in [2.45, 2.75) is 13.1 Å². The van der Waals surface area contributed by atoms with Crippen molar-refractivity contribution in [2.24, 2.45) is 0 Å². The lowest BCUT2D eigenvalue weighted by atomic mass is 10.1. The van der Waals surface area contributed by atoms with Gasteiger partial charge in [-0.3, -0.25) is 14.2 Å². The fourth-order valence-corrected chi connectivity index (χ4v) is 3.41. The van der Waals surface area contributed by atoms with Crippen LogP contribution in [0.1, 0.15) is 16.1 Å². The molecule has 28 heavy (non-hydrogen) atoms. The second kappa shape index (κ2) is 7.05. The summed E-state index contributed by atoms with van der Waals surface area (Å²) in [6, 6.07) is 7.01. The highest BCUT2D eigenvalue weighted by Crippen LogP contribution is 2.26. The van der Waals surface area contributed by atoms with Gasteiger partial charge in [0.2, 0.25) is 0 Å². The lowest BCUT2D eigenvalue weighted by Crippen LogP contribution is -2.44. The maximum Gasteiger partial charge on any atom is 0.274 e. The van der Waals surface area contributed by atoms with E-state index >= 15 is 0 Å². The third-order valence-corrected chi connectivity index (χ3v) is 4.86. The second-order valence-corrected chi connectivity index (χ2v) is 6.73. The molecule has 0 radical (unpaired) electrons. The average molecular weight is 401 g/mol. The van der Waals surface area contributed by atoms with Crippen LogP contribution in [0.25, 0.3) is 11.3 Å². The van der Waals surface area contributed by atoms with Crippen LogP contribution in [0.3, 0.4) is 0 Å². The van der Waals surface area contributed by atoms with Crippen molar-refractivity contribution in [3.8, 4) is 17.0 Å². The number of amides is 1. The SMILES string of the molecule is O=C1c2c(O)cc(-c3ccncn3)c(=O)n2CCN1Cc1ccc(F)c(Cl)c1. The lowest BCUT2D eigenvalue weighted by molar-refractivity contribution is 0.0681. The number of pyridine rings is 1. The highest BCUT2D eigenvalue weighted by Gasteiger charge is 2.30. The van der Waals surface area contributed by atoms with Crippen LogP contribution in [0.2, 0.25) is 5.02 Å². The van der Waals surface area contributed by atoms with Crippen molar-refractivity contribution < 1.29 is 14.3 Å². The van der Waals surface area contributed by atoms with E-state index in [1.54, 1.807) is 6.07 Å². The van der Waals surface area contributed by atoms with E-state index in [9.17, 15) is 19.1 Å². The van der Waals surface area contributed by atoms with E-state index in [2.05, 4.69) is 9.97 Å². The van der Waals surface area contributed by atoms with E-state index in [0.717, 1.165) is 0 Å². The zero-order valence-electron chi connectivity index (χ0n) is 14.5. The van der Waals surface area contributed by atoms with Crippen LogP contribution in [0, 0.1) is 5.82 Å². The zero-order valence-corrected chi connectivity index (χ0v) is 15.2. The van der Waals surface area contributed by atoms with Gasteiger partial charge in [-0.25, -0.2) is 14.4 Å². The molecule has 9 heteroatoms. The van der Waals surface area contributed by atoms with Gasteiger partial charge in [-0.1, -0.05) is 17.7 Å². The van der Waals surface area contributed by atoms with E-state index in [-0.39, 0.29) is 41.7 Å². The van der Waals surface area contributed by atoms with Crippen LogP contribution in [0.4, 0.5) is 4.39 Å². The molecule has 0 aliphatic carbocycles. The summed E-state index contributed by atoms with van der Waals surface area (Å²) in [5.41, 5.74) is 0.705. The fourth-order valence-electron chi connectivity index (χ4n) is 3.21. The van der Waals surface area contributed by atoms with Crippen LogP contribution in [-0.2, 0) is 13.1 Å². The number of benzene rings is 1. The van der Waals surface area contributed by atoms with E-state index < -0.39 is 17.3 Å². The van der Waals surface area contributed by atoms with Gasteiger partial charge in [0.05, 0.1) is 16.3 Å². The molecule has 0 spiro atoms. The topological polar surface area (TPSA) is 88.3 Å². The largest absolute Gasteiger partial charge is 0.506 e. The van der Waals surface area contributed by atoms with Crippen LogP contribution < -0.4 is 5.56 Å². The Balaban J connectivity index is 1.69. The number of hydrogen-bond donors (Lipinski definition) is 1. The van der Waals surface area contributed by atoms with Gasteiger partial charge in [0, 0.05) is 25.8 Å². The van der Waals surface area contributed by atoms with Gasteiger partial charge < -0.3 is 10.0 Å². The minimum Gasteiger partial charge on any atom is -0.506 e. The summed E-state index contributed by atoms with van der Waals surface area (Å²) >= 11 is 5.80. The summed E-state index contributed by atoms with van der Waals surface area (Å²) in [5.74, 6) is -1.34. The van der Waals surface area contributed by atoms with Crippen molar-refractivity contribution in [3.63, 3.8) is 0 Å². The molecule has 142 valence electrons. The molecule has 1 amide bonds. The molecule has 1 aliphatic heterocycles. The van der Waals surface area contributed by atoms with Crippen molar-refractivity contribution in [1.29, 1.82) is 0 Å². The number of carbonyl (C=O) groups excluding carboxylic acids is 1. The first-order chi connectivity index (χ1) is 13.5. The molecule has 3 aromatic rings. The van der Waals surface area contributed by atoms with E-state index in [4.69, 9.17) is 11.6 Å². The molecular formula is C19H14ClFN4O3. The molecule has 0 saturated heterocycles. The first-order valence-electron chi connectivity index (χ1n) is 8.42. The van der Waals surface area contributed by atoms with Gasteiger partial charge in [-0.05, 0) is 29.8 Å². The Kier molecular flexibility index (Phi) is 4.56. The van der Waals surface area contributed by atoms with Gasteiger partial charge in [-0.15, -0.1) is 0 Å². The Hall–Kier alpha value is -3.26. The minimum atomic E-state index is -0.540. The molecule has 0 bridgehead atoms. The molecule has 1 aliphatic rings. The molecule has 0 unspecified atom stereocenters. The molecule has 0 saturated carbocycles. The van der Waals surface area contributed by atoms with Crippen molar-refractivity contribution in [2.75, 3.05) is 6.54 Å². The van der Waals surface area contributed by atoms with Gasteiger partial charge in [0.25, 0.3) is 11.5 Å². The average Bonchev–Trinajstić information content (AvgIpc) is 2.69. The summed E-state index contributed by atoms with van der Waals surface area (Å²) in [6.45, 7) is 0.648. The molecule has 1 N–H and O–H groups in total. The quantitative estimate of drug-likeness (QED) is 0.729. The van der Waals surface area contributed by atoms with E-state index in [1.165, 1.54) is 46.3 Å². The summed E-state index contributed by atoms with van der Waals surface area (Å²) < 4.78 is 14.6. The Morgan fingerprint density at radius 2 is 2.00 bits per heavy atom. The third-order valence-electron chi connectivity index (χ3n) is 4.57. The monoisotopic (exact) mass is 400 g/mol. The third kappa shape index (κ3) is 3.11. The number of rotatable bonds is 3. The molecule has 1 aromatic carbocycles. The van der Waals surface area contributed by atoms with Crippen LogP contribution >= 0.6 is 11.6 Å². The smallest absolute Gasteiger partial charge is 0.274 e. The molecule has 0 atom stereocenters. The Morgan fingerprint density at radius 1 is 1.18 bits per heavy atom. The Bertz CT molecular complexity index is 1130. The normalized spacial score (nSPS) is 13.5. The standard InChI is InChI=1S/C19H14ClFN4O3/c20-13-7-11(1-2-14(13)21)9-24-5-6-25-17(19(24)28)16(26)8-12(18(25)27)15-3-4-22-10-23-15/h1-4,7-8,10,26H,5-6,9H2. The molecule has 0 fully saturated rings. The Morgan fingerprint density at radius 3 is 2.71 bits per heavy atom. The molecule has 2 aromatic heterocycles. The zero-order chi connectivity index (χ0) is 19.8. The number of hydrogen-bond acceptors (Lipinski definition) is 5. The van der Waals surface area contributed by atoms with Crippen molar-refractivity contribution >= 4 is 17.5 Å². The van der Waals surface area contributed by atoms with Gasteiger partial charge in [-0.2, -0.15) is 0 Å². The second-order valence-electron chi connectivity index (χ2n) is 6.32. The highest BCUT2D eigenvalue weighted by molar-refractivity contribution is 6.30. The molecule has 3 heterocycles. The summed E-state index contributed by atoms with van der Waals surface area (Å²) in [6.07, 6.45) is 2.79. The first kappa shape index (κ1) is 18.1. The number of carbonyl (C=O) groups is 1. The highest BCUT2D eigenvalue weighted by atomic mass is 35.5. The number of fused-ring (bicyclic) bond motifs is 1. The van der Waals surface area contributed by atoms with Crippen LogP contribution in [0.15, 0.2) is 47.7 Å². The summed E-state index contributed by atoms with van der Waals surface area (Å²) in [5, 5.41) is 10.4. The molecular weight excluding hydrogens is 387 g/mol. The summed E-state index contributed by atoms with van der Waals surface area (Å²) in [7, 11) is 0. The lowest BCUT2D eigenvalue weighted by Gasteiger charge is -2.30. The van der Waals surface area contributed by atoms with Crippen molar-refractivity contribution in [3.05, 3.63) is 75.3 Å². The number of aromatic hydroxyl groups is 1. The fraction of sp³-hybridized carbons (Fsp3) is 0.158. The van der Waals surface area contributed by atoms with E-state index in [0.29, 0.717) is 11.3 Å². The Labute approximate surface area is 163 Å². The van der Waals surface area contributed by atoms with Crippen LogP contribution in [-0.4, -0.2) is 37.0 Å². The number of nitrogens with zero attached hydrogens (tertiary/aromatic N) is 4.